The van der Waals surface area contributed by atoms with Crippen LogP contribution in [0.5, 0.6) is 5.75 Å². The molecule has 0 aliphatic rings. The van der Waals surface area contributed by atoms with Crippen LogP contribution < -0.4 is 10.1 Å². The maximum absolute atomic E-state index is 5.76. The summed E-state index contributed by atoms with van der Waals surface area (Å²) in [6.07, 6.45) is 1.07. The maximum atomic E-state index is 5.76. The number of ether oxygens (including phenoxy) is 1. The van der Waals surface area contributed by atoms with Gasteiger partial charge in [0.25, 0.3) is 0 Å². The van der Waals surface area contributed by atoms with Crippen LogP contribution in [0.15, 0.2) is 24.3 Å². The Balaban J connectivity index is 2.31. The minimum absolute atomic E-state index is 0.334. The molecule has 1 N–H and O–H groups in total. The van der Waals surface area contributed by atoms with E-state index in [2.05, 4.69) is 64.2 Å². The molecular formula is C17H29NO. The lowest BCUT2D eigenvalue weighted by Gasteiger charge is -2.18. The Morgan fingerprint density at radius 1 is 1.11 bits per heavy atom. The van der Waals surface area contributed by atoms with E-state index < -0.39 is 0 Å². The third-order valence-electron chi connectivity index (χ3n) is 2.93. The van der Waals surface area contributed by atoms with Gasteiger partial charge in [-0.15, -0.1) is 0 Å². The first-order chi connectivity index (χ1) is 8.87. The highest BCUT2D eigenvalue weighted by molar-refractivity contribution is 5.27. The quantitative estimate of drug-likeness (QED) is 0.794. The Bertz CT molecular complexity index is 349. The zero-order valence-electron chi connectivity index (χ0n) is 13.1. The predicted molar refractivity (Wildman–Crippen MR) is 82.6 cm³/mol. The van der Waals surface area contributed by atoms with Gasteiger partial charge in [0, 0.05) is 6.54 Å². The minimum Gasteiger partial charge on any atom is -0.494 e. The molecule has 0 saturated heterocycles. The first-order valence-electron chi connectivity index (χ1n) is 7.29. The molecule has 0 amide bonds. The largest absolute Gasteiger partial charge is 0.494 e. The molecule has 0 heterocycles. The lowest BCUT2D eigenvalue weighted by atomic mass is 9.93. The highest BCUT2D eigenvalue weighted by atomic mass is 16.5. The Morgan fingerprint density at radius 3 is 2.26 bits per heavy atom. The molecule has 0 saturated carbocycles. The van der Waals surface area contributed by atoms with Crippen LogP contribution in [0.3, 0.4) is 0 Å². The smallest absolute Gasteiger partial charge is 0.119 e. The predicted octanol–water partition coefficient (Wildman–Crippen LogP) is 4.25. The van der Waals surface area contributed by atoms with Crippen LogP contribution >= 0.6 is 0 Å². The molecule has 0 bridgehead atoms. The molecule has 1 aromatic rings. The fourth-order valence-corrected chi connectivity index (χ4v) is 1.68. The monoisotopic (exact) mass is 263 g/mol. The summed E-state index contributed by atoms with van der Waals surface area (Å²) in [7, 11) is 0. The van der Waals surface area contributed by atoms with Crippen LogP contribution in [0.1, 0.15) is 46.6 Å². The molecule has 0 aromatic heterocycles. The van der Waals surface area contributed by atoms with Crippen LogP contribution in [-0.2, 0) is 6.54 Å². The summed E-state index contributed by atoms with van der Waals surface area (Å²) in [6.45, 7) is 13.9. The van der Waals surface area contributed by atoms with Crippen molar-refractivity contribution in [1.82, 2.24) is 5.32 Å². The van der Waals surface area contributed by atoms with Gasteiger partial charge < -0.3 is 10.1 Å². The lowest BCUT2D eigenvalue weighted by molar-refractivity contribution is 0.243. The number of hydrogen-bond donors (Lipinski definition) is 1. The van der Waals surface area contributed by atoms with Gasteiger partial charge in [-0.05, 0) is 42.0 Å². The molecule has 0 atom stereocenters. The normalized spacial score (nSPS) is 11.9. The van der Waals surface area contributed by atoms with Gasteiger partial charge in [-0.3, -0.25) is 0 Å². The van der Waals surface area contributed by atoms with Crippen molar-refractivity contribution in [2.45, 2.75) is 47.6 Å². The molecule has 0 radical (unpaired) electrons. The summed E-state index contributed by atoms with van der Waals surface area (Å²) in [5.74, 6) is 1.66. The Morgan fingerprint density at radius 2 is 1.74 bits per heavy atom. The van der Waals surface area contributed by atoms with Gasteiger partial charge in [0.05, 0.1) is 6.61 Å². The van der Waals surface area contributed by atoms with Crippen molar-refractivity contribution < 1.29 is 4.74 Å². The summed E-state index contributed by atoms with van der Waals surface area (Å²) < 4.78 is 5.76. The first kappa shape index (κ1) is 16.0. The van der Waals surface area contributed by atoms with Crippen molar-refractivity contribution in [3.05, 3.63) is 29.8 Å². The van der Waals surface area contributed by atoms with Crippen LogP contribution in [0.2, 0.25) is 0 Å². The van der Waals surface area contributed by atoms with E-state index in [-0.39, 0.29) is 0 Å². The third kappa shape index (κ3) is 7.89. The Kier molecular flexibility index (Phi) is 6.36. The summed E-state index contributed by atoms with van der Waals surface area (Å²) >= 11 is 0. The molecule has 0 unspecified atom stereocenters. The Hall–Kier alpha value is -1.02. The molecule has 0 spiro atoms. The van der Waals surface area contributed by atoms with Crippen LogP contribution in [0.4, 0.5) is 0 Å². The molecule has 1 rings (SSSR count). The second-order valence-corrected chi connectivity index (χ2v) is 6.83. The van der Waals surface area contributed by atoms with Crippen LogP contribution in [-0.4, -0.2) is 13.2 Å². The maximum Gasteiger partial charge on any atom is 0.119 e. The fraction of sp³-hybridized carbons (Fsp3) is 0.647. The summed E-state index contributed by atoms with van der Waals surface area (Å²) in [5.41, 5.74) is 1.64. The van der Waals surface area contributed by atoms with E-state index in [1.54, 1.807) is 0 Å². The lowest BCUT2D eigenvalue weighted by Crippen LogP contribution is -2.18. The fourth-order valence-electron chi connectivity index (χ4n) is 1.68. The van der Waals surface area contributed by atoms with E-state index in [4.69, 9.17) is 4.74 Å². The van der Waals surface area contributed by atoms with Gasteiger partial charge >= 0.3 is 0 Å². The van der Waals surface area contributed by atoms with Gasteiger partial charge in [0.2, 0.25) is 0 Å². The molecule has 108 valence electrons. The van der Waals surface area contributed by atoms with Crippen molar-refractivity contribution in [2.24, 2.45) is 11.3 Å². The SMILES string of the molecule is CC(C)CNCc1ccc(OCCC(C)(C)C)cc1. The highest BCUT2D eigenvalue weighted by Gasteiger charge is 2.09. The zero-order valence-corrected chi connectivity index (χ0v) is 13.1. The molecule has 0 aliphatic carbocycles. The minimum atomic E-state index is 0.334. The number of nitrogens with one attached hydrogen (secondary N) is 1. The molecule has 1 aromatic carbocycles. The third-order valence-corrected chi connectivity index (χ3v) is 2.93. The second-order valence-electron chi connectivity index (χ2n) is 6.83. The second kappa shape index (κ2) is 7.54. The van der Waals surface area contributed by atoms with Crippen molar-refractivity contribution >= 4 is 0 Å². The highest BCUT2D eigenvalue weighted by Crippen LogP contribution is 2.19. The first-order valence-corrected chi connectivity index (χ1v) is 7.29. The zero-order chi connectivity index (χ0) is 14.3. The average molecular weight is 263 g/mol. The van der Waals surface area contributed by atoms with E-state index in [1.807, 2.05) is 0 Å². The van der Waals surface area contributed by atoms with E-state index >= 15 is 0 Å². The van der Waals surface area contributed by atoms with Crippen molar-refractivity contribution in [3.8, 4) is 5.75 Å². The Labute approximate surface area is 118 Å². The molecule has 19 heavy (non-hydrogen) atoms. The van der Waals surface area contributed by atoms with E-state index in [9.17, 15) is 0 Å². The molecular weight excluding hydrogens is 234 g/mol. The van der Waals surface area contributed by atoms with Crippen molar-refractivity contribution in [1.29, 1.82) is 0 Å². The standard InChI is InChI=1S/C17H29NO/c1-14(2)12-18-13-15-6-8-16(9-7-15)19-11-10-17(3,4)5/h6-9,14,18H,10-13H2,1-5H3. The number of rotatable bonds is 7. The van der Waals surface area contributed by atoms with E-state index in [1.165, 1.54) is 5.56 Å². The number of hydrogen-bond acceptors (Lipinski definition) is 2. The molecule has 0 fully saturated rings. The van der Waals surface area contributed by atoms with E-state index in [0.29, 0.717) is 11.3 Å². The van der Waals surface area contributed by atoms with Gasteiger partial charge in [0.1, 0.15) is 5.75 Å². The molecule has 2 nitrogen and oxygen atoms in total. The number of benzene rings is 1. The van der Waals surface area contributed by atoms with E-state index in [0.717, 1.165) is 31.9 Å². The molecule has 2 heteroatoms. The van der Waals surface area contributed by atoms with Crippen molar-refractivity contribution in [3.63, 3.8) is 0 Å². The van der Waals surface area contributed by atoms with Gasteiger partial charge in [-0.25, -0.2) is 0 Å². The van der Waals surface area contributed by atoms with Gasteiger partial charge in [-0.1, -0.05) is 46.8 Å². The summed E-state index contributed by atoms with van der Waals surface area (Å²) in [6, 6.07) is 8.41. The molecule has 0 aliphatic heterocycles. The van der Waals surface area contributed by atoms with Gasteiger partial charge in [-0.2, -0.15) is 0 Å². The average Bonchev–Trinajstić information content (AvgIpc) is 2.29. The van der Waals surface area contributed by atoms with Gasteiger partial charge in [0.15, 0.2) is 0 Å². The summed E-state index contributed by atoms with van der Waals surface area (Å²) in [4.78, 5) is 0. The van der Waals surface area contributed by atoms with Crippen LogP contribution in [0.25, 0.3) is 0 Å². The summed E-state index contributed by atoms with van der Waals surface area (Å²) in [5, 5.41) is 3.44. The van der Waals surface area contributed by atoms with Crippen LogP contribution in [0, 0.1) is 11.3 Å². The van der Waals surface area contributed by atoms with Crippen molar-refractivity contribution in [2.75, 3.05) is 13.2 Å². The topological polar surface area (TPSA) is 21.3 Å².